The van der Waals surface area contributed by atoms with Gasteiger partial charge in [-0.15, -0.1) is 0 Å². The number of piperidine rings is 1. The van der Waals surface area contributed by atoms with Gasteiger partial charge in [0.2, 0.25) is 15.9 Å². The van der Waals surface area contributed by atoms with Gasteiger partial charge < -0.3 is 29.8 Å². The molecule has 346 valence electrons. The number of aliphatic hydroxyl groups is 1. The van der Waals surface area contributed by atoms with Crippen molar-refractivity contribution >= 4 is 27.0 Å². The molecular weight excluding hydrogens is 863 g/mol. The van der Waals surface area contributed by atoms with E-state index in [1.807, 2.05) is 133 Å². The molecule has 5 atom stereocenters. The van der Waals surface area contributed by atoms with Gasteiger partial charge in [-0.2, -0.15) is 4.72 Å². The third-order valence-electron chi connectivity index (χ3n) is 13.2. The molecule has 13 heteroatoms. The fourth-order valence-electron chi connectivity index (χ4n) is 9.43. The molecule has 2 saturated heterocycles. The van der Waals surface area contributed by atoms with Gasteiger partial charge in [-0.25, -0.2) is 13.2 Å². The second-order valence-electron chi connectivity index (χ2n) is 17.9. The first-order valence-corrected chi connectivity index (χ1v) is 24.5. The molecule has 1 aromatic heterocycles. The van der Waals surface area contributed by atoms with Crippen molar-refractivity contribution in [2.75, 3.05) is 19.6 Å². The summed E-state index contributed by atoms with van der Waals surface area (Å²) in [5.41, 5.74) is 8.93. The highest BCUT2D eigenvalue weighted by atomic mass is 32.2. The van der Waals surface area contributed by atoms with Gasteiger partial charge in [0.1, 0.15) is 6.04 Å². The van der Waals surface area contributed by atoms with Crippen LogP contribution >= 0.6 is 0 Å². The summed E-state index contributed by atoms with van der Waals surface area (Å²) in [6.45, 7) is 6.56. The predicted molar refractivity (Wildman–Crippen MR) is 259 cm³/mol. The maximum Gasteiger partial charge on any atom is 0.326 e. The maximum atomic E-state index is 13.8. The number of para-hydroxylation sites is 2. The second-order valence-corrected chi connectivity index (χ2v) is 19.6. The molecule has 7 aromatic rings. The highest BCUT2D eigenvalue weighted by Gasteiger charge is 2.40. The Bertz CT molecular complexity index is 2970. The van der Waals surface area contributed by atoms with E-state index in [9.17, 15) is 23.1 Å². The SMILES string of the molecule is Cc1ccc(S(=O)(=O)NC(Cc2ccccc2)C(=O)NCc2cccc(-c3cccc(C4OC(CN5CCC(n6c(=O)[nH]c7ccccc76)CC5)C(C)C(c5ccc(CO)cc5)O4)c3)c2)cc1. The molecule has 3 heterocycles. The van der Waals surface area contributed by atoms with Crippen molar-refractivity contribution in [3.63, 3.8) is 0 Å². The molecular formula is C54H57N5O7S. The lowest BCUT2D eigenvalue weighted by Crippen LogP contribution is -2.47. The van der Waals surface area contributed by atoms with Crippen LogP contribution in [0.15, 0.2) is 161 Å². The van der Waals surface area contributed by atoms with Crippen molar-refractivity contribution in [1.82, 2.24) is 24.5 Å². The second kappa shape index (κ2) is 20.4. The summed E-state index contributed by atoms with van der Waals surface area (Å²) < 4.78 is 45.3. The summed E-state index contributed by atoms with van der Waals surface area (Å²) in [5.74, 6) is -0.428. The Balaban J connectivity index is 0.904. The molecule has 4 N–H and O–H groups in total. The molecule has 1 amide bonds. The highest BCUT2D eigenvalue weighted by Crippen LogP contribution is 2.43. The number of aromatic amines is 1. The minimum Gasteiger partial charge on any atom is -0.392 e. The van der Waals surface area contributed by atoms with E-state index >= 15 is 0 Å². The summed E-state index contributed by atoms with van der Waals surface area (Å²) in [6, 6.07) is 46.8. The van der Waals surface area contributed by atoms with Crippen LogP contribution in [0, 0.1) is 12.8 Å². The molecule has 2 fully saturated rings. The number of hydrogen-bond donors (Lipinski definition) is 4. The lowest BCUT2D eigenvalue weighted by atomic mass is 9.89. The Morgan fingerprint density at radius 3 is 2.21 bits per heavy atom. The van der Waals surface area contributed by atoms with E-state index in [0.29, 0.717) is 6.54 Å². The number of aromatic nitrogens is 2. The lowest BCUT2D eigenvalue weighted by molar-refractivity contribution is -0.276. The largest absolute Gasteiger partial charge is 0.392 e. The van der Waals surface area contributed by atoms with Gasteiger partial charge in [0.15, 0.2) is 6.29 Å². The summed E-state index contributed by atoms with van der Waals surface area (Å²) in [5, 5.41) is 12.8. The quantitative estimate of drug-likeness (QED) is 0.0804. The minimum atomic E-state index is -3.99. The lowest BCUT2D eigenvalue weighted by Gasteiger charge is -2.44. The van der Waals surface area contributed by atoms with Crippen molar-refractivity contribution in [2.24, 2.45) is 5.92 Å². The van der Waals surface area contributed by atoms with Gasteiger partial charge in [-0.05, 0) is 96.0 Å². The number of hydrogen-bond acceptors (Lipinski definition) is 8. The number of imidazole rings is 1. The first-order valence-electron chi connectivity index (χ1n) is 23.0. The van der Waals surface area contributed by atoms with Gasteiger partial charge in [0.05, 0.1) is 34.7 Å². The van der Waals surface area contributed by atoms with Crippen LogP contribution in [0.4, 0.5) is 0 Å². The smallest absolute Gasteiger partial charge is 0.326 e. The number of nitrogens with zero attached hydrogens (tertiary/aromatic N) is 2. The minimum absolute atomic E-state index is 0.00506. The average molecular weight is 920 g/mol. The molecule has 12 nitrogen and oxygen atoms in total. The molecule has 0 saturated carbocycles. The molecule has 0 radical (unpaired) electrons. The number of rotatable bonds is 15. The van der Waals surface area contributed by atoms with Crippen molar-refractivity contribution in [3.05, 3.63) is 196 Å². The Morgan fingerprint density at radius 2 is 1.46 bits per heavy atom. The normalized spacial score (nSPS) is 19.9. The number of carbonyl (C=O) groups excluding carboxylic acids is 1. The number of fused-ring (bicyclic) bond motifs is 1. The first-order chi connectivity index (χ1) is 32.5. The summed E-state index contributed by atoms with van der Waals surface area (Å²) in [6.07, 6.45) is 0.759. The van der Waals surface area contributed by atoms with E-state index in [1.54, 1.807) is 24.3 Å². The Kier molecular flexibility index (Phi) is 14.0. The average Bonchev–Trinajstić information content (AvgIpc) is 3.70. The van der Waals surface area contributed by atoms with Crippen LogP contribution in [0.2, 0.25) is 0 Å². The zero-order valence-electron chi connectivity index (χ0n) is 37.8. The molecule has 0 aliphatic carbocycles. The highest BCUT2D eigenvalue weighted by molar-refractivity contribution is 7.89. The summed E-state index contributed by atoms with van der Waals surface area (Å²) in [4.78, 5) is 32.4. The van der Waals surface area contributed by atoms with Crippen LogP contribution < -0.4 is 15.7 Å². The number of aryl methyl sites for hydroxylation is 1. The first kappa shape index (κ1) is 45.9. The molecule has 2 aliphatic rings. The topological polar surface area (TPSA) is 155 Å². The number of nitrogens with one attached hydrogen (secondary N) is 3. The fraction of sp³-hybridized carbons (Fsp3) is 0.296. The monoisotopic (exact) mass is 919 g/mol. The van der Waals surface area contributed by atoms with Crippen LogP contribution in [0.5, 0.6) is 0 Å². The molecule has 9 rings (SSSR count). The van der Waals surface area contributed by atoms with Crippen LogP contribution in [0.1, 0.15) is 71.6 Å². The van der Waals surface area contributed by atoms with Gasteiger partial charge in [0.25, 0.3) is 0 Å². The van der Waals surface area contributed by atoms with Gasteiger partial charge in [0, 0.05) is 43.7 Å². The van der Waals surface area contributed by atoms with Crippen molar-refractivity contribution in [1.29, 1.82) is 0 Å². The third kappa shape index (κ3) is 10.7. The van der Waals surface area contributed by atoms with Crippen molar-refractivity contribution in [2.45, 2.75) is 81.7 Å². The predicted octanol–water partition coefficient (Wildman–Crippen LogP) is 8.13. The maximum absolute atomic E-state index is 13.8. The Labute approximate surface area is 391 Å². The number of likely N-dealkylation sites (tertiary alicyclic amines) is 1. The number of amides is 1. The van der Waals surface area contributed by atoms with E-state index in [-0.39, 0.29) is 54.3 Å². The number of benzene rings is 6. The molecule has 67 heavy (non-hydrogen) atoms. The van der Waals surface area contributed by atoms with Crippen LogP contribution in [-0.2, 0) is 43.9 Å². The summed E-state index contributed by atoms with van der Waals surface area (Å²) >= 11 is 0. The van der Waals surface area contributed by atoms with Crippen molar-refractivity contribution < 1.29 is 27.8 Å². The van der Waals surface area contributed by atoms with E-state index in [2.05, 4.69) is 32.9 Å². The van der Waals surface area contributed by atoms with Gasteiger partial charge in [-0.1, -0.05) is 128 Å². The molecule has 0 bridgehead atoms. The van der Waals surface area contributed by atoms with E-state index in [1.165, 1.54) is 0 Å². The van der Waals surface area contributed by atoms with Crippen LogP contribution in [-0.4, -0.2) is 65.7 Å². The van der Waals surface area contributed by atoms with Crippen LogP contribution in [0.25, 0.3) is 22.2 Å². The number of aliphatic hydroxyl groups excluding tert-OH is 1. The molecule has 0 spiro atoms. The number of ether oxygens (including phenoxy) is 2. The molecule has 2 aliphatic heterocycles. The van der Waals surface area contributed by atoms with Gasteiger partial charge >= 0.3 is 5.69 Å². The van der Waals surface area contributed by atoms with E-state index < -0.39 is 28.3 Å². The van der Waals surface area contributed by atoms with E-state index in [4.69, 9.17) is 9.47 Å². The van der Waals surface area contributed by atoms with Gasteiger partial charge in [-0.3, -0.25) is 9.36 Å². The standard InChI is InChI=1S/C54H57N5O7S/c1-36-18-24-46(25-19-36)67(63,64)57-48(31-38-10-4-3-5-11-38)52(61)55-33-40-12-8-13-42(30-40)43-14-9-15-44(32-43)53-65-50(37(2)51(66-53)41-22-20-39(35-60)21-23-41)34-58-28-26-45(27-29-58)59-49-17-7-6-16-47(49)56-54(59)62/h3-25,30,32,37,45,48,50-51,53,57,60H,26-29,31,33-35H2,1-2H3,(H,55,61)(H,56,62). The third-order valence-corrected chi connectivity index (χ3v) is 14.7. The van der Waals surface area contributed by atoms with E-state index in [0.717, 1.165) is 81.5 Å². The zero-order chi connectivity index (χ0) is 46.5. The fourth-order valence-corrected chi connectivity index (χ4v) is 10.6. The zero-order valence-corrected chi connectivity index (χ0v) is 38.6. The van der Waals surface area contributed by atoms with Crippen LogP contribution in [0.3, 0.4) is 0 Å². The molecule has 5 unspecified atom stereocenters. The molecule has 6 aromatic carbocycles. The Morgan fingerprint density at radius 1 is 0.776 bits per heavy atom. The number of H-pyrrole nitrogens is 1. The number of carbonyl (C=O) groups is 1. The van der Waals surface area contributed by atoms with Crippen molar-refractivity contribution in [3.8, 4) is 11.1 Å². The summed E-state index contributed by atoms with van der Waals surface area (Å²) in [7, 11) is -3.99. The Hall–Kier alpha value is -6.19. The number of sulfonamides is 1.